The topological polar surface area (TPSA) is 84.3 Å². The molecular weight excluding hydrogens is 236 g/mol. The Balaban J connectivity index is 2.30. The van der Waals surface area contributed by atoms with E-state index in [0.717, 1.165) is 5.56 Å². The molecule has 0 radical (unpaired) electrons. The van der Waals surface area contributed by atoms with Gasteiger partial charge in [-0.3, -0.25) is 4.57 Å². The Morgan fingerprint density at radius 1 is 1.39 bits per heavy atom. The first kappa shape index (κ1) is 12.0. The molecule has 0 aliphatic carbocycles. The van der Waals surface area contributed by atoms with Crippen LogP contribution in [0.3, 0.4) is 0 Å². The Bertz CT molecular complexity index is 610. The van der Waals surface area contributed by atoms with Crippen molar-refractivity contribution in [1.29, 1.82) is 0 Å². The molecule has 0 aliphatic rings. The highest BCUT2D eigenvalue weighted by molar-refractivity contribution is 5.85. The van der Waals surface area contributed by atoms with E-state index in [-0.39, 0.29) is 12.2 Å². The van der Waals surface area contributed by atoms with Gasteiger partial charge in [0.15, 0.2) is 0 Å². The van der Waals surface area contributed by atoms with Crippen molar-refractivity contribution in [2.24, 2.45) is 0 Å². The zero-order valence-corrected chi connectivity index (χ0v) is 9.71. The number of ether oxygens (including phenoxy) is 1. The second-order valence-electron chi connectivity index (χ2n) is 3.72. The first-order valence-electron chi connectivity index (χ1n) is 5.26. The summed E-state index contributed by atoms with van der Waals surface area (Å²) in [5.41, 5.74) is 0.319. The summed E-state index contributed by atoms with van der Waals surface area (Å²) in [6, 6.07) is 7.08. The van der Waals surface area contributed by atoms with Crippen LogP contribution < -0.4 is 10.4 Å². The normalized spacial score (nSPS) is 10.3. The SMILES string of the molecule is COc1ccc(Cn2c(C(=O)O)c[nH]c2=O)cc1. The summed E-state index contributed by atoms with van der Waals surface area (Å²) in [6.07, 6.45) is 1.19. The Hall–Kier alpha value is -2.50. The third-order valence-electron chi connectivity index (χ3n) is 2.59. The van der Waals surface area contributed by atoms with E-state index in [1.807, 2.05) is 0 Å². The van der Waals surface area contributed by atoms with Gasteiger partial charge in [0.05, 0.1) is 13.7 Å². The number of nitrogens with one attached hydrogen (secondary N) is 1. The molecule has 18 heavy (non-hydrogen) atoms. The van der Waals surface area contributed by atoms with Crippen LogP contribution in [0, 0.1) is 0 Å². The number of methoxy groups -OCH3 is 1. The molecule has 0 bridgehead atoms. The second kappa shape index (κ2) is 4.79. The lowest BCUT2D eigenvalue weighted by Crippen LogP contribution is -2.21. The summed E-state index contributed by atoms with van der Waals surface area (Å²) in [7, 11) is 1.56. The van der Waals surface area contributed by atoms with Crippen molar-refractivity contribution >= 4 is 5.97 Å². The fourth-order valence-electron chi connectivity index (χ4n) is 1.64. The highest BCUT2D eigenvalue weighted by atomic mass is 16.5. The van der Waals surface area contributed by atoms with Crippen LogP contribution in [0.1, 0.15) is 16.1 Å². The summed E-state index contributed by atoms with van der Waals surface area (Å²) >= 11 is 0. The van der Waals surface area contributed by atoms with E-state index in [2.05, 4.69) is 4.98 Å². The number of nitrogens with zero attached hydrogens (tertiary/aromatic N) is 1. The van der Waals surface area contributed by atoms with Gasteiger partial charge < -0.3 is 14.8 Å². The number of H-pyrrole nitrogens is 1. The number of aromatic amines is 1. The standard InChI is InChI=1S/C12H12N2O4/c1-18-9-4-2-8(3-5-9)7-14-10(11(15)16)6-13-12(14)17/h2-6H,7H2,1H3,(H,13,17)(H,15,16). The third kappa shape index (κ3) is 2.27. The number of benzene rings is 1. The van der Waals surface area contributed by atoms with Crippen LogP contribution in [0.4, 0.5) is 0 Å². The molecule has 0 unspecified atom stereocenters. The molecule has 0 fully saturated rings. The van der Waals surface area contributed by atoms with Gasteiger partial charge in [-0.2, -0.15) is 0 Å². The molecule has 1 aromatic heterocycles. The van der Waals surface area contributed by atoms with E-state index < -0.39 is 11.7 Å². The summed E-state index contributed by atoms with van der Waals surface area (Å²) in [6.45, 7) is 0.202. The van der Waals surface area contributed by atoms with Gasteiger partial charge in [-0.25, -0.2) is 9.59 Å². The van der Waals surface area contributed by atoms with Crippen molar-refractivity contribution in [2.75, 3.05) is 7.11 Å². The molecule has 1 aromatic carbocycles. The minimum absolute atomic E-state index is 0.0594. The summed E-state index contributed by atoms with van der Waals surface area (Å²) < 4.78 is 6.19. The number of carboxylic acid groups (broad SMARTS) is 1. The number of hydrogen-bond donors (Lipinski definition) is 2. The van der Waals surface area contributed by atoms with Crippen molar-refractivity contribution < 1.29 is 14.6 Å². The molecule has 2 aromatic rings. The summed E-state index contributed by atoms with van der Waals surface area (Å²) in [5, 5.41) is 8.94. The largest absolute Gasteiger partial charge is 0.497 e. The third-order valence-corrected chi connectivity index (χ3v) is 2.59. The van der Waals surface area contributed by atoms with Crippen LogP contribution in [-0.2, 0) is 6.54 Å². The first-order valence-corrected chi connectivity index (χ1v) is 5.26. The molecule has 6 nitrogen and oxygen atoms in total. The maximum atomic E-state index is 11.5. The van der Waals surface area contributed by atoms with Gasteiger partial charge in [0.2, 0.25) is 0 Å². The van der Waals surface area contributed by atoms with Crippen LogP contribution in [0.15, 0.2) is 35.3 Å². The van der Waals surface area contributed by atoms with Crippen LogP contribution >= 0.6 is 0 Å². The average Bonchev–Trinajstić information content (AvgIpc) is 2.72. The van der Waals surface area contributed by atoms with Gasteiger partial charge in [-0.05, 0) is 17.7 Å². The maximum absolute atomic E-state index is 11.5. The average molecular weight is 248 g/mol. The van der Waals surface area contributed by atoms with E-state index in [9.17, 15) is 9.59 Å². The van der Waals surface area contributed by atoms with Crippen molar-refractivity contribution in [3.8, 4) is 5.75 Å². The van der Waals surface area contributed by atoms with Crippen molar-refractivity contribution in [1.82, 2.24) is 9.55 Å². The molecule has 2 N–H and O–H groups in total. The highest BCUT2D eigenvalue weighted by Gasteiger charge is 2.12. The van der Waals surface area contributed by atoms with E-state index in [4.69, 9.17) is 9.84 Å². The summed E-state index contributed by atoms with van der Waals surface area (Å²) in [5.74, 6) is -0.430. The minimum Gasteiger partial charge on any atom is -0.497 e. The monoisotopic (exact) mass is 248 g/mol. The number of imidazole rings is 1. The number of aromatic nitrogens is 2. The Morgan fingerprint density at radius 2 is 2.06 bits per heavy atom. The Morgan fingerprint density at radius 3 is 2.61 bits per heavy atom. The van der Waals surface area contributed by atoms with Gasteiger partial charge in [0.1, 0.15) is 11.4 Å². The quantitative estimate of drug-likeness (QED) is 0.843. The predicted octanol–water partition coefficient (Wildman–Crippen LogP) is 0.931. The van der Waals surface area contributed by atoms with Crippen LogP contribution in [0.2, 0.25) is 0 Å². The summed E-state index contributed by atoms with van der Waals surface area (Å²) in [4.78, 5) is 24.8. The Kier molecular flexibility index (Phi) is 3.18. The van der Waals surface area contributed by atoms with Gasteiger partial charge in [0.25, 0.3) is 0 Å². The fourth-order valence-corrected chi connectivity index (χ4v) is 1.64. The smallest absolute Gasteiger partial charge is 0.354 e. The minimum atomic E-state index is -1.14. The van der Waals surface area contributed by atoms with E-state index in [1.165, 1.54) is 10.8 Å². The van der Waals surface area contributed by atoms with Gasteiger partial charge in [-0.1, -0.05) is 12.1 Å². The van der Waals surface area contributed by atoms with Crippen LogP contribution in [-0.4, -0.2) is 27.7 Å². The Labute approximate surface area is 102 Å². The number of carboxylic acids is 1. The molecule has 0 saturated heterocycles. The molecule has 0 amide bonds. The van der Waals surface area contributed by atoms with Gasteiger partial charge in [-0.15, -0.1) is 0 Å². The number of rotatable bonds is 4. The zero-order chi connectivity index (χ0) is 13.1. The fraction of sp³-hybridized carbons (Fsp3) is 0.167. The van der Waals surface area contributed by atoms with Crippen LogP contribution in [0.25, 0.3) is 0 Å². The van der Waals surface area contributed by atoms with Gasteiger partial charge in [0, 0.05) is 6.20 Å². The van der Waals surface area contributed by atoms with Crippen LogP contribution in [0.5, 0.6) is 5.75 Å². The molecule has 0 aliphatic heterocycles. The van der Waals surface area contributed by atoms with Crippen molar-refractivity contribution in [2.45, 2.75) is 6.54 Å². The lowest BCUT2D eigenvalue weighted by Gasteiger charge is -2.05. The van der Waals surface area contributed by atoms with Gasteiger partial charge >= 0.3 is 11.7 Å². The molecule has 6 heteroatoms. The lowest BCUT2D eigenvalue weighted by molar-refractivity contribution is 0.0685. The number of aromatic carboxylic acids is 1. The van der Waals surface area contributed by atoms with E-state index in [1.54, 1.807) is 31.4 Å². The number of hydrogen-bond acceptors (Lipinski definition) is 3. The first-order chi connectivity index (χ1) is 8.61. The molecule has 94 valence electrons. The predicted molar refractivity (Wildman–Crippen MR) is 64.1 cm³/mol. The molecular formula is C12H12N2O4. The van der Waals surface area contributed by atoms with Crippen molar-refractivity contribution in [3.63, 3.8) is 0 Å². The molecule has 1 heterocycles. The van der Waals surface area contributed by atoms with E-state index in [0.29, 0.717) is 5.75 Å². The molecule has 2 rings (SSSR count). The number of carbonyl (C=O) groups is 1. The lowest BCUT2D eigenvalue weighted by atomic mass is 10.2. The maximum Gasteiger partial charge on any atom is 0.354 e. The highest BCUT2D eigenvalue weighted by Crippen LogP contribution is 2.12. The second-order valence-corrected chi connectivity index (χ2v) is 3.72. The van der Waals surface area contributed by atoms with Crippen molar-refractivity contribution in [3.05, 3.63) is 52.2 Å². The molecule has 0 spiro atoms. The molecule has 0 atom stereocenters. The van der Waals surface area contributed by atoms with E-state index >= 15 is 0 Å². The zero-order valence-electron chi connectivity index (χ0n) is 9.71. The molecule has 0 saturated carbocycles.